The minimum absolute atomic E-state index is 0.0564. The number of ketones is 1. The number of nitrogens with zero attached hydrogens (tertiary/aromatic N) is 1. The van der Waals surface area contributed by atoms with Gasteiger partial charge in [0.25, 0.3) is 0 Å². The van der Waals surface area contributed by atoms with Gasteiger partial charge in [-0.05, 0) is 35.9 Å². The molecule has 0 saturated carbocycles. The first kappa shape index (κ1) is 17.4. The standard InChI is InChI=1S/C20H17NO5/c1-3-8-26-14-5-6-15-13(9-14)10-16(18(15)22)19(23)17-7-4-12(11-21-17)20(24)25-2/h3-7,9,11,22H,1,8,10H2,2H3. The molecule has 1 aromatic heterocycles. The SMILES string of the molecule is C=CCOc1ccc2c(c1)CC(C(=O)c1ccc(C(=O)OC)cn1)=C2O. The lowest BCUT2D eigenvalue weighted by Gasteiger charge is -2.05. The highest BCUT2D eigenvalue weighted by molar-refractivity contribution is 6.13. The number of hydrogen-bond donors (Lipinski definition) is 1. The second-order valence-electron chi connectivity index (χ2n) is 5.68. The van der Waals surface area contributed by atoms with Crippen LogP contribution in [-0.2, 0) is 11.2 Å². The first-order valence-electron chi connectivity index (χ1n) is 7.93. The van der Waals surface area contributed by atoms with Gasteiger partial charge in [-0.2, -0.15) is 0 Å². The third kappa shape index (κ3) is 3.21. The van der Waals surface area contributed by atoms with Crippen molar-refractivity contribution in [2.45, 2.75) is 6.42 Å². The molecule has 0 saturated heterocycles. The van der Waals surface area contributed by atoms with Gasteiger partial charge >= 0.3 is 5.97 Å². The molecule has 0 fully saturated rings. The quantitative estimate of drug-likeness (QED) is 0.489. The fraction of sp³-hybridized carbons (Fsp3) is 0.150. The lowest BCUT2D eigenvalue weighted by atomic mass is 10.0. The molecule has 0 amide bonds. The minimum Gasteiger partial charge on any atom is -0.507 e. The van der Waals surface area contributed by atoms with Gasteiger partial charge in [0, 0.05) is 23.8 Å². The maximum atomic E-state index is 12.7. The number of esters is 1. The number of Topliss-reactive ketones (excluding diaryl/α,β-unsaturated/α-hetero) is 1. The van der Waals surface area contributed by atoms with Gasteiger partial charge in [0.2, 0.25) is 5.78 Å². The van der Waals surface area contributed by atoms with Gasteiger partial charge in [-0.25, -0.2) is 4.79 Å². The predicted octanol–water partition coefficient (Wildman–Crippen LogP) is 3.14. The van der Waals surface area contributed by atoms with Crippen molar-refractivity contribution in [1.29, 1.82) is 0 Å². The Kier molecular flexibility index (Phi) is 4.84. The zero-order valence-corrected chi connectivity index (χ0v) is 14.2. The van der Waals surface area contributed by atoms with Gasteiger partial charge in [0.05, 0.1) is 12.7 Å². The van der Waals surface area contributed by atoms with Crippen LogP contribution >= 0.6 is 0 Å². The summed E-state index contributed by atoms with van der Waals surface area (Å²) in [7, 11) is 1.27. The van der Waals surface area contributed by atoms with Gasteiger partial charge in [-0.3, -0.25) is 9.78 Å². The third-order valence-corrected chi connectivity index (χ3v) is 4.04. The van der Waals surface area contributed by atoms with Crippen molar-refractivity contribution >= 4 is 17.5 Å². The number of aliphatic hydroxyl groups excluding tert-OH is 1. The van der Waals surface area contributed by atoms with Crippen LogP contribution in [0.4, 0.5) is 0 Å². The molecule has 1 heterocycles. The first-order valence-corrected chi connectivity index (χ1v) is 7.93. The average molecular weight is 351 g/mol. The van der Waals surface area contributed by atoms with Crippen LogP contribution in [0.15, 0.2) is 54.8 Å². The number of fused-ring (bicyclic) bond motifs is 1. The number of aliphatic hydroxyl groups is 1. The van der Waals surface area contributed by atoms with Crippen molar-refractivity contribution in [2.75, 3.05) is 13.7 Å². The van der Waals surface area contributed by atoms with E-state index in [0.29, 0.717) is 17.9 Å². The summed E-state index contributed by atoms with van der Waals surface area (Å²) in [6, 6.07) is 8.15. The molecule has 1 aromatic carbocycles. The first-order chi connectivity index (χ1) is 12.5. The number of ether oxygens (including phenoxy) is 2. The summed E-state index contributed by atoms with van der Waals surface area (Å²) in [5.41, 5.74) is 2.07. The van der Waals surface area contributed by atoms with E-state index >= 15 is 0 Å². The summed E-state index contributed by atoms with van der Waals surface area (Å²) >= 11 is 0. The second-order valence-corrected chi connectivity index (χ2v) is 5.68. The van der Waals surface area contributed by atoms with Crippen molar-refractivity contribution in [2.24, 2.45) is 0 Å². The second kappa shape index (κ2) is 7.23. The van der Waals surface area contributed by atoms with Gasteiger partial charge in [-0.15, -0.1) is 0 Å². The molecular formula is C20H17NO5. The molecule has 2 aromatic rings. The molecule has 132 valence electrons. The molecule has 0 unspecified atom stereocenters. The summed E-state index contributed by atoms with van der Waals surface area (Å²) in [6.07, 6.45) is 3.20. The lowest BCUT2D eigenvalue weighted by molar-refractivity contribution is 0.0600. The lowest BCUT2D eigenvalue weighted by Crippen LogP contribution is -2.09. The van der Waals surface area contributed by atoms with Crippen molar-refractivity contribution < 1.29 is 24.2 Å². The third-order valence-electron chi connectivity index (χ3n) is 4.04. The molecule has 1 aliphatic carbocycles. The molecule has 0 bridgehead atoms. The predicted molar refractivity (Wildman–Crippen MR) is 95.3 cm³/mol. The molecule has 0 aliphatic heterocycles. The minimum atomic E-state index is -0.529. The summed E-state index contributed by atoms with van der Waals surface area (Å²) in [4.78, 5) is 28.2. The molecule has 6 heteroatoms. The Hall–Kier alpha value is -3.41. The Labute approximate surface area is 150 Å². The van der Waals surface area contributed by atoms with E-state index in [0.717, 1.165) is 5.56 Å². The molecule has 1 aliphatic rings. The topological polar surface area (TPSA) is 85.7 Å². The van der Waals surface area contributed by atoms with Crippen LogP contribution in [-0.4, -0.2) is 35.6 Å². The van der Waals surface area contributed by atoms with E-state index in [4.69, 9.17) is 4.74 Å². The Balaban J connectivity index is 1.83. The smallest absolute Gasteiger partial charge is 0.339 e. The number of benzene rings is 1. The highest BCUT2D eigenvalue weighted by Crippen LogP contribution is 2.34. The van der Waals surface area contributed by atoms with E-state index in [1.54, 1.807) is 24.3 Å². The van der Waals surface area contributed by atoms with Crippen molar-refractivity contribution in [3.8, 4) is 5.75 Å². The van der Waals surface area contributed by atoms with E-state index in [-0.39, 0.29) is 34.8 Å². The monoisotopic (exact) mass is 351 g/mol. The van der Waals surface area contributed by atoms with Gasteiger partial charge in [-0.1, -0.05) is 12.7 Å². The normalized spacial score (nSPS) is 12.5. The van der Waals surface area contributed by atoms with Gasteiger partial charge in [0.1, 0.15) is 23.8 Å². The molecule has 26 heavy (non-hydrogen) atoms. The van der Waals surface area contributed by atoms with Crippen LogP contribution in [0.5, 0.6) is 5.75 Å². The number of carbonyl (C=O) groups is 2. The van der Waals surface area contributed by atoms with Crippen LogP contribution in [0.2, 0.25) is 0 Å². The Morgan fingerprint density at radius 1 is 1.31 bits per heavy atom. The number of pyridine rings is 1. The van der Waals surface area contributed by atoms with Gasteiger partial charge in [0.15, 0.2) is 0 Å². The molecule has 3 rings (SSSR count). The Morgan fingerprint density at radius 3 is 2.77 bits per heavy atom. The number of methoxy groups -OCH3 is 1. The van der Waals surface area contributed by atoms with E-state index < -0.39 is 5.97 Å². The number of allylic oxidation sites excluding steroid dienone is 1. The number of hydrogen-bond acceptors (Lipinski definition) is 6. The maximum absolute atomic E-state index is 12.7. The van der Waals surface area contributed by atoms with E-state index in [2.05, 4.69) is 16.3 Å². The summed E-state index contributed by atoms with van der Waals surface area (Å²) in [6.45, 7) is 3.97. The molecule has 0 radical (unpaired) electrons. The number of aromatic nitrogens is 1. The summed E-state index contributed by atoms with van der Waals surface area (Å²) < 4.78 is 10.1. The Bertz CT molecular complexity index is 912. The van der Waals surface area contributed by atoms with Crippen LogP contribution in [0.3, 0.4) is 0 Å². The van der Waals surface area contributed by atoms with Crippen LogP contribution in [0.25, 0.3) is 5.76 Å². The number of rotatable bonds is 6. The van der Waals surface area contributed by atoms with Crippen molar-refractivity contribution in [3.05, 3.63) is 77.1 Å². The molecular weight excluding hydrogens is 334 g/mol. The zero-order valence-electron chi connectivity index (χ0n) is 14.2. The molecule has 6 nitrogen and oxygen atoms in total. The van der Waals surface area contributed by atoms with Crippen LogP contribution in [0, 0.1) is 0 Å². The zero-order chi connectivity index (χ0) is 18.7. The van der Waals surface area contributed by atoms with E-state index in [1.165, 1.54) is 25.4 Å². The summed E-state index contributed by atoms with van der Waals surface area (Å²) in [5, 5.41) is 10.4. The van der Waals surface area contributed by atoms with Crippen molar-refractivity contribution in [1.82, 2.24) is 4.98 Å². The van der Waals surface area contributed by atoms with Crippen molar-refractivity contribution in [3.63, 3.8) is 0 Å². The number of carbonyl (C=O) groups excluding carboxylic acids is 2. The van der Waals surface area contributed by atoms with Gasteiger partial charge < -0.3 is 14.6 Å². The summed E-state index contributed by atoms with van der Waals surface area (Å²) in [5.74, 6) is -0.326. The highest BCUT2D eigenvalue weighted by Gasteiger charge is 2.28. The fourth-order valence-electron chi connectivity index (χ4n) is 2.74. The van der Waals surface area contributed by atoms with Crippen LogP contribution < -0.4 is 4.74 Å². The fourth-order valence-corrected chi connectivity index (χ4v) is 2.74. The molecule has 0 atom stereocenters. The maximum Gasteiger partial charge on any atom is 0.339 e. The Morgan fingerprint density at radius 2 is 2.12 bits per heavy atom. The average Bonchev–Trinajstić information content (AvgIpc) is 3.01. The molecule has 0 spiro atoms. The van der Waals surface area contributed by atoms with Crippen LogP contribution in [0.1, 0.15) is 32.0 Å². The van der Waals surface area contributed by atoms with E-state index in [9.17, 15) is 14.7 Å². The largest absolute Gasteiger partial charge is 0.507 e. The molecule has 1 N–H and O–H groups in total. The highest BCUT2D eigenvalue weighted by atomic mass is 16.5. The van der Waals surface area contributed by atoms with E-state index in [1.807, 2.05) is 0 Å².